The van der Waals surface area contributed by atoms with Crippen LogP contribution in [0, 0.1) is 5.41 Å². The van der Waals surface area contributed by atoms with Gasteiger partial charge in [0.05, 0.1) is 0 Å². The Morgan fingerprint density at radius 2 is 1.92 bits per heavy atom. The average molecular weight is 156 g/mol. The van der Waals surface area contributed by atoms with Crippen molar-refractivity contribution >= 4 is 19.3 Å². The molecule has 0 fully saturated rings. The molecule has 0 amide bonds. The van der Waals surface area contributed by atoms with Gasteiger partial charge in [0.15, 0.2) is 0 Å². The lowest BCUT2D eigenvalue weighted by molar-refractivity contribution is 1.41. The molecule has 3 heteroatoms. The van der Waals surface area contributed by atoms with Crippen molar-refractivity contribution in [2.75, 3.05) is 0 Å². The van der Waals surface area contributed by atoms with Crippen LogP contribution < -0.4 is 0 Å². The number of hydrogen-bond donors (Lipinski definition) is 1. The summed E-state index contributed by atoms with van der Waals surface area (Å²) in [5.74, 6) is 0.219. The Bertz CT molecular complexity index is 304. The molecule has 0 aromatic heterocycles. The Balaban J connectivity index is 2.93. The largest absolute Gasteiger partial charge is 0.287 e. The van der Waals surface area contributed by atoms with Crippen molar-refractivity contribution in [1.82, 2.24) is 0 Å². The first-order chi connectivity index (χ1) is 5.70. The van der Waals surface area contributed by atoms with E-state index in [0.717, 1.165) is 5.56 Å². The second-order valence-corrected chi connectivity index (χ2v) is 2.45. The van der Waals surface area contributed by atoms with Gasteiger partial charge < -0.3 is 0 Å². The Morgan fingerprint density at radius 3 is 2.42 bits per heavy atom. The van der Waals surface area contributed by atoms with Gasteiger partial charge in [-0.05, 0) is 18.1 Å². The van der Waals surface area contributed by atoms with E-state index in [0.29, 0.717) is 5.61 Å². The van der Waals surface area contributed by atoms with Gasteiger partial charge in [0.1, 0.15) is 13.7 Å². The Labute approximate surface area is 73.3 Å². The first-order valence-electron chi connectivity index (χ1n) is 3.65. The van der Waals surface area contributed by atoms with Gasteiger partial charge in [-0.25, -0.2) is 4.99 Å². The first-order valence-corrected chi connectivity index (χ1v) is 3.65. The van der Waals surface area contributed by atoms with Crippen molar-refractivity contribution in [3.8, 4) is 0 Å². The van der Waals surface area contributed by atoms with E-state index >= 15 is 0 Å². The number of benzene rings is 1. The molecule has 0 saturated heterocycles. The molecule has 0 unspecified atom stereocenters. The summed E-state index contributed by atoms with van der Waals surface area (Å²) in [5, 5.41) is 7.11. The normalized spacial score (nSPS) is 11.2. The third-order valence-electron chi connectivity index (χ3n) is 1.36. The molecule has 1 N–H and O–H groups in total. The molecule has 1 aromatic rings. The van der Waals surface area contributed by atoms with E-state index in [2.05, 4.69) is 4.99 Å². The minimum Gasteiger partial charge on any atom is -0.287 e. The molecule has 0 aliphatic heterocycles. The van der Waals surface area contributed by atoms with E-state index in [1.807, 2.05) is 30.3 Å². The maximum atomic E-state index is 7.11. The van der Waals surface area contributed by atoms with E-state index in [1.165, 1.54) is 0 Å². The van der Waals surface area contributed by atoms with Crippen LogP contribution in [-0.2, 0) is 0 Å². The number of aliphatic imine (C=N–C) groups is 1. The maximum absolute atomic E-state index is 7.11. The zero-order valence-corrected chi connectivity index (χ0v) is 6.91. The Hall–Kier alpha value is -1.38. The van der Waals surface area contributed by atoms with Gasteiger partial charge in [-0.2, -0.15) is 0 Å². The van der Waals surface area contributed by atoms with Crippen LogP contribution >= 0.6 is 0 Å². The van der Waals surface area contributed by atoms with Crippen molar-refractivity contribution in [3.05, 3.63) is 35.9 Å². The molecule has 0 aliphatic carbocycles. The maximum Gasteiger partial charge on any atom is 0.142 e. The Morgan fingerprint density at radius 1 is 1.33 bits per heavy atom. The summed E-state index contributed by atoms with van der Waals surface area (Å²) in [7, 11) is 5.61. The summed E-state index contributed by atoms with van der Waals surface area (Å²) < 4.78 is 0. The molecule has 12 heavy (non-hydrogen) atoms. The third-order valence-corrected chi connectivity index (χ3v) is 1.36. The predicted octanol–water partition coefficient (Wildman–Crippen LogP) is 1.60. The van der Waals surface area contributed by atoms with Crippen molar-refractivity contribution < 1.29 is 0 Å². The predicted molar refractivity (Wildman–Crippen MR) is 52.1 cm³/mol. The topological polar surface area (TPSA) is 36.2 Å². The van der Waals surface area contributed by atoms with Crippen LogP contribution in [0.5, 0.6) is 0 Å². The minimum atomic E-state index is 0.219. The molecule has 58 valence electrons. The van der Waals surface area contributed by atoms with E-state index in [9.17, 15) is 0 Å². The fraction of sp³-hybridized carbons (Fsp3) is 0.111. The Kier molecular flexibility index (Phi) is 2.80. The minimum absolute atomic E-state index is 0.219. The summed E-state index contributed by atoms with van der Waals surface area (Å²) in [6.07, 6.45) is 0. The monoisotopic (exact) mass is 156 g/mol. The van der Waals surface area contributed by atoms with E-state index in [-0.39, 0.29) is 5.84 Å². The lowest BCUT2D eigenvalue weighted by atomic mass is 9.93. The van der Waals surface area contributed by atoms with Gasteiger partial charge in [-0.3, -0.25) is 5.41 Å². The third kappa shape index (κ3) is 2.34. The van der Waals surface area contributed by atoms with Crippen molar-refractivity contribution in [2.45, 2.75) is 6.92 Å². The summed E-state index contributed by atoms with van der Waals surface area (Å²) in [6.45, 7) is 1.59. The molecule has 1 rings (SSSR count). The summed E-state index contributed by atoms with van der Waals surface area (Å²) in [5.41, 5.74) is 1.24. The van der Waals surface area contributed by atoms with E-state index < -0.39 is 0 Å². The average Bonchev–Trinajstić information content (AvgIpc) is 2.05. The SMILES string of the molecule is [B]C(=NC(C)=N)c1ccccc1. The highest BCUT2D eigenvalue weighted by molar-refractivity contribution is 6.65. The molecule has 2 radical (unpaired) electrons. The second kappa shape index (κ2) is 3.86. The van der Waals surface area contributed by atoms with Crippen LogP contribution in [-0.4, -0.2) is 19.3 Å². The summed E-state index contributed by atoms with van der Waals surface area (Å²) in [6, 6.07) is 9.41. The van der Waals surface area contributed by atoms with Crippen molar-refractivity contribution in [2.24, 2.45) is 4.99 Å². The van der Waals surface area contributed by atoms with Crippen LogP contribution in [0.1, 0.15) is 12.5 Å². The quantitative estimate of drug-likeness (QED) is 0.364. The fourth-order valence-corrected chi connectivity index (χ4v) is 0.854. The molecule has 0 bridgehead atoms. The van der Waals surface area contributed by atoms with Crippen LogP contribution in [0.4, 0.5) is 0 Å². The summed E-state index contributed by atoms with van der Waals surface area (Å²) >= 11 is 0. The van der Waals surface area contributed by atoms with Gasteiger partial charge in [-0.15, -0.1) is 0 Å². The van der Waals surface area contributed by atoms with Gasteiger partial charge in [-0.1, -0.05) is 30.3 Å². The molecule has 0 saturated carbocycles. The van der Waals surface area contributed by atoms with Crippen molar-refractivity contribution in [1.29, 1.82) is 5.41 Å². The number of amidine groups is 1. The molecule has 0 heterocycles. The molecule has 0 atom stereocenters. The van der Waals surface area contributed by atoms with Gasteiger partial charge >= 0.3 is 0 Å². The zero-order chi connectivity index (χ0) is 8.97. The van der Waals surface area contributed by atoms with E-state index in [1.54, 1.807) is 6.92 Å². The number of hydrogen-bond acceptors (Lipinski definition) is 1. The van der Waals surface area contributed by atoms with Crippen LogP contribution in [0.2, 0.25) is 0 Å². The molecule has 0 spiro atoms. The van der Waals surface area contributed by atoms with Crippen LogP contribution in [0.3, 0.4) is 0 Å². The van der Waals surface area contributed by atoms with Crippen molar-refractivity contribution in [3.63, 3.8) is 0 Å². The highest BCUT2D eigenvalue weighted by Crippen LogP contribution is 1.98. The molecular weight excluding hydrogens is 147 g/mol. The van der Waals surface area contributed by atoms with Gasteiger partial charge in [0, 0.05) is 0 Å². The lowest BCUT2D eigenvalue weighted by Gasteiger charge is -1.98. The van der Waals surface area contributed by atoms with E-state index in [4.69, 9.17) is 13.3 Å². The smallest absolute Gasteiger partial charge is 0.142 e. The van der Waals surface area contributed by atoms with Crippen LogP contribution in [0.15, 0.2) is 35.3 Å². The fourth-order valence-electron chi connectivity index (χ4n) is 0.854. The van der Waals surface area contributed by atoms with Gasteiger partial charge in [0.25, 0.3) is 0 Å². The number of nitrogens with zero attached hydrogens (tertiary/aromatic N) is 1. The molecular formula is C9H9BN2. The summed E-state index contributed by atoms with van der Waals surface area (Å²) in [4.78, 5) is 3.83. The highest BCUT2D eigenvalue weighted by atomic mass is 14.8. The van der Waals surface area contributed by atoms with Gasteiger partial charge in [0.2, 0.25) is 0 Å². The first kappa shape index (κ1) is 8.72. The molecule has 2 nitrogen and oxygen atoms in total. The number of nitrogens with one attached hydrogen (secondary N) is 1. The lowest BCUT2D eigenvalue weighted by Crippen LogP contribution is -2.01. The standard InChI is InChI=1S/C9H9BN2/c1-7(11)12-9(10)8-5-3-2-4-6-8/h2-6,11H,1H3. The van der Waals surface area contributed by atoms with Crippen LogP contribution in [0.25, 0.3) is 0 Å². The second-order valence-electron chi connectivity index (χ2n) is 2.45. The number of rotatable bonds is 1. The molecule has 0 aliphatic rings. The zero-order valence-electron chi connectivity index (χ0n) is 6.91. The highest BCUT2D eigenvalue weighted by Gasteiger charge is 1.93. The molecule has 1 aromatic carbocycles.